The fraction of sp³-hybridized carbons (Fsp3) is 0.286. The van der Waals surface area contributed by atoms with Gasteiger partial charge in [0.1, 0.15) is 20.9 Å². The highest BCUT2D eigenvalue weighted by Crippen LogP contribution is 2.32. The summed E-state index contributed by atoms with van der Waals surface area (Å²) in [7, 11) is 0. The summed E-state index contributed by atoms with van der Waals surface area (Å²) < 4.78 is 4.95. The molecule has 0 atom stereocenters. The Bertz CT molecular complexity index is 371. The van der Waals surface area contributed by atoms with E-state index < -0.39 is 0 Å². The smallest absolute Gasteiger partial charge is 0.129 e. The third-order valence-electron chi connectivity index (χ3n) is 1.20. The van der Waals surface area contributed by atoms with Crippen molar-refractivity contribution < 1.29 is 0 Å². The van der Waals surface area contributed by atoms with Crippen LogP contribution >= 0.6 is 35.1 Å². The van der Waals surface area contributed by atoms with Gasteiger partial charge in [0.15, 0.2) is 0 Å². The summed E-state index contributed by atoms with van der Waals surface area (Å²) in [6.45, 7) is 0. The molecule has 13 heavy (non-hydrogen) atoms. The van der Waals surface area contributed by atoms with E-state index >= 15 is 0 Å². The van der Waals surface area contributed by atoms with Gasteiger partial charge in [-0.05, 0) is 17.8 Å². The van der Waals surface area contributed by atoms with Gasteiger partial charge in [-0.2, -0.15) is 14.9 Å². The molecule has 1 aromatic rings. The van der Waals surface area contributed by atoms with Crippen molar-refractivity contribution in [2.45, 2.75) is 9.24 Å². The SMILES string of the molecule is CSc1nsc(SCC#N)c1C#N. The topological polar surface area (TPSA) is 60.5 Å². The maximum Gasteiger partial charge on any atom is 0.129 e. The molecule has 1 rings (SSSR count). The average molecular weight is 227 g/mol. The first-order valence-electron chi connectivity index (χ1n) is 3.27. The molecule has 0 spiro atoms. The largest absolute Gasteiger partial charge is 0.197 e. The summed E-state index contributed by atoms with van der Waals surface area (Å²) in [4.78, 5) is 0. The van der Waals surface area contributed by atoms with Crippen LogP contribution in [-0.2, 0) is 0 Å². The lowest BCUT2D eigenvalue weighted by Gasteiger charge is -1.90. The van der Waals surface area contributed by atoms with E-state index in [2.05, 4.69) is 10.4 Å². The first-order valence-corrected chi connectivity index (χ1v) is 6.25. The van der Waals surface area contributed by atoms with Crippen LogP contribution in [0.2, 0.25) is 0 Å². The van der Waals surface area contributed by atoms with Crippen LogP contribution in [0.25, 0.3) is 0 Å². The van der Waals surface area contributed by atoms with Crippen molar-refractivity contribution >= 4 is 35.1 Å². The minimum absolute atomic E-state index is 0.366. The van der Waals surface area contributed by atoms with Gasteiger partial charge in [-0.3, -0.25) is 0 Å². The van der Waals surface area contributed by atoms with E-state index in [1.54, 1.807) is 0 Å². The van der Waals surface area contributed by atoms with Crippen molar-refractivity contribution in [1.29, 1.82) is 10.5 Å². The molecular weight excluding hydrogens is 222 g/mol. The molecule has 0 bridgehead atoms. The molecule has 0 aliphatic heterocycles. The van der Waals surface area contributed by atoms with E-state index in [4.69, 9.17) is 10.5 Å². The minimum atomic E-state index is 0.366. The number of aromatic nitrogens is 1. The molecule has 0 aliphatic rings. The lowest BCUT2D eigenvalue weighted by molar-refractivity contribution is 1.24. The van der Waals surface area contributed by atoms with E-state index in [9.17, 15) is 0 Å². The third-order valence-corrected chi connectivity index (χ3v) is 3.96. The van der Waals surface area contributed by atoms with Crippen molar-refractivity contribution in [3.63, 3.8) is 0 Å². The Morgan fingerprint density at radius 2 is 2.31 bits per heavy atom. The van der Waals surface area contributed by atoms with Crippen LogP contribution in [-0.4, -0.2) is 16.4 Å². The maximum atomic E-state index is 8.83. The second-order valence-corrected chi connectivity index (χ2v) is 4.73. The van der Waals surface area contributed by atoms with Gasteiger partial charge in [0.25, 0.3) is 0 Å². The Kier molecular flexibility index (Phi) is 4.10. The second kappa shape index (κ2) is 5.13. The Morgan fingerprint density at radius 3 is 2.85 bits per heavy atom. The Hall–Kier alpha value is -0.690. The highest BCUT2D eigenvalue weighted by molar-refractivity contribution is 8.01. The normalized spacial score (nSPS) is 9.15. The number of hydrogen-bond donors (Lipinski definition) is 0. The first kappa shape index (κ1) is 10.4. The van der Waals surface area contributed by atoms with Gasteiger partial charge < -0.3 is 0 Å². The number of rotatable bonds is 3. The van der Waals surface area contributed by atoms with Crippen molar-refractivity contribution in [3.8, 4) is 12.1 Å². The molecule has 0 aromatic carbocycles. The standard InChI is InChI=1S/C7H5N3S3/c1-11-6-5(4-9)7(13-10-6)12-3-2-8/h3H2,1H3. The second-order valence-electron chi connectivity index (χ2n) is 1.91. The molecule has 0 fully saturated rings. The summed E-state index contributed by atoms with van der Waals surface area (Å²) in [6, 6.07) is 4.12. The van der Waals surface area contributed by atoms with E-state index in [1.807, 2.05) is 12.3 Å². The monoisotopic (exact) mass is 227 g/mol. The van der Waals surface area contributed by atoms with E-state index in [0.29, 0.717) is 11.3 Å². The fourth-order valence-electron chi connectivity index (χ4n) is 0.691. The molecule has 0 radical (unpaired) electrons. The zero-order valence-corrected chi connectivity index (χ0v) is 9.22. The molecule has 6 heteroatoms. The van der Waals surface area contributed by atoms with Crippen LogP contribution in [0, 0.1) is 22.7 Å². The number of hydrogen-bond acceptors (Lipinski definition) is 6. The summed E-state index contributed by atoms with van der Waals surface area (Å²) in [5, 5.41) is 18.0. The zero-order chi connectivity index (χ0) is 9.68. The fourth-order valence-corrected chi connectivity index (χ4v) is 3.05. The van der Waals surface area contributed by atoms with E-state index in [1.165, 1.54) is 35.1 Å². The van der Waals surface area contributed by atoms with E-state index in [-0.39, 0.29) is 0 Å². The van der Waals surface area contributed by atoms with Gasteiger partial charge in [-0.15, -0.1) is 11.8 Å². The van der Waals surface area contributed by atoms with Gasteiger partial charge in [-0.1, -0.05) is 11.8 Å². The van der Waals surface area contributed by atoms with Crippen LogP contribution in [0.15, 0.2) is 9.24 Å². The quantitative estimate of drug-likeness (QED) is 0.742. The van der Waals surface area contributed by atoms with Gasteiger partial charge >= 0.3 is 0 Å². The number of nitriles is 2. The summed E-state index contributed by atoms with van der Waals surface area (Å²) in [5.74, 6) is 0.366. The molecule has 1 heterocycles. The maximum absolute atomic E-state index is 8.83. The Labute approximate surface area is 88.9 Å². The predicted octanol–water partition coefficient (Wildman–Crippen LogP) is 2.35. The van der Waals surface area contributed by atoms with Crippen molar-refractivity contribution in [2.24, 2.45) is 0 Å². The Morgan fingerprint density at radius 1 is 1.54 bits per heavy atom. The lowest BCUT2D eigenvalue weighted by atomic mass is 10.4. The molecule has 0 saturated heterocycles. The molecule has 3 nitrogen and oxygen atoms in total. The van der Waals surface area contributed by atoms with Crippen LogP contribution < -0.4 is 0 Å². The van der Waals surface area contributed by atoms with Crippen LogP contribution in [0.5, 0.6) is 0 Å². The van der Waals surface area contributed by atoms with Crippen molar-refractivity contribution in [1.82, 2.24) is 4.37 Å². The van der Waals surface area contributed by atoms with Crippen molar-refractivity contribution in [3.05, 3.63) is 5.56 Å². The highest BCUT2D eigenvalue weighted by atomic mass is 32.2. The first-order chi connectivity index (χ1) is 6.33. The molecule has 0 saturated carbocycles. The van der Waals surface area contributed by atoms with Gasteiger partial charge in [0.05, 0.1) is 11.8 Å². The highest BCUT2D eigenvalue weighted by Gasteiger charge is 2.12. The van der Waals surface area contributed by atoms with Gasteiger partial charge in [-0.25, -0.2) is 0 Å². The minimum Gasteiger partial charge on any atom is -0.197 e. The van der Waals surface area contributed by atoms with Gasteiger partial charge in [0, 0.05) is 0 Å². The molecule has 1 aromatic heterocycles. The van der Waals surface area contributed by atoms with E-state index in [0.717, 1.165) is 9.24 Å². The van der Waals surface area contributed by atoms with Crippen LogP contribution in [0.1, 0.15) is 5.56 Å². The molecule has 0 amide bonds. The third kappa shape index (κ3) is 2.38. The molecular formula is C7H5N3S3. The number of thioether (sulfide) groups is 2. The molecule has 0 aliphatic carbocycles. The predicted molar refractivity (Wildman–Crippen MR) is 54.9 cm³/mol. The molecule has 0 N–H and O–H groups in total. The summed E-state index contributed by atoms with van der Waals surface area (Å²) in [6.07, 6.45) is 1.88. The summed E-state index contributed by atoms with van der Waals surface area (Å²) >= 11 is 4.11. The average Bonchev–Trinajstić information content (AvgIpc) is 2.56. The molecule has 66 valence electrons. The van der Waals surface area contributed by atoms with Crippen LogP contribution in [0.3, 0.4) is 0 Å². The molecule has 0 unspecified atom stereocenters. The Balaban J connectivity index is 2.91. The number of nitrogens with zero attached hydrogens (tertiary/aromatic N) is 3. The van der Waals surface area contributed by atoms with Gasteiger partial charge in [0.2, 0.25) is 0 Å². The lowest BCUT2D eigenvalue weighted by Crippen LogP contribution is -1.77. The summed E-state index contributed by atoms with van der Waals surface area (Å²) in [5.41, 5.74) is 0.609. The van der Waals surface area contributed by atoms with Crippen molar-refractivity contribution in [2.75, 3.05) is 12.0 Å². The van der Waals surface area contributed by atoms with Crippen LogP contribution in [0.4, 0.5) is 0 Å². The zero-order valence-electron chi connectivity index (χ0n) is 6.77.